The zero-order valence-electron chi connectivity index (χ0n) is 19.1. The summed E-state index contributed by atoms with van der Waals surface area (Å²) in [4.78, 5) is 19.3. The average Bonchev–Trinajstić information content (AvgIpc) is 2.98. The summed E-state index contributed by atoms with van der Waals surface area (Å²) in [6.07, 6.45) is 8.70. The lowest BCUT2D eigenvalue weighted by molar-refractivity contribution is -0.149. The molecular formula is C25H31ClF2N2O2. The molecule has 2 aliphatic rings. The number of allylic oxidation sites excluding steroid dienone is 3. The number of carbonyl (C=O) groups is 1. The molecule has 0 radical (unpaired) electrons. The van der Waals surface area contributed by atoms with E-state index in [1.165, 1.54) is 12.1 Å². The number of likely N-dealkylation sites (tertiary alicyclic amines) is 1. The van der Waals surface area contributed by atoms with Crippen molar-refractivity contribution >= 4 is 22.7 Å². The van der Waals surface area contributed by atoms with Crippen molar-refractivity contribution in [2.45, 2.75) is 77.5 Å². The largest absolute Gasteiger partial charge is 0.495 e. The SMILES string of the molecule is CC\C=C/N=C(Cl)\C=C(/C)OC1CC(C(=O)N2C(c3cc(F)cc(F)c3)CCC2(C)C)C1. The van der Waals surface area contributed by atoms with Crippen LogP contribution < -0.4 is 0 Å². The molecule has 0 bridgehead atoms. The minimum atomic E-state index is -0.621. The summed E-state index contributed by atoms with van der Waals surface area (Å²) < 4.78 is 33.5. The highest BCUT2D eigenvalue weighted by Crippen LogP contribution is 2.46. The second kappa shape index (κ2) is 10.2. The van der Waals surface area contributed by atoms with Gasteiger partial charge in [0, 0.05) is 29.8 Å². The molecule has 1 aromatic carbocycles. The monoisotopic (exact) mass is 464 g/mol. The standard InChI is InChI=1S/C25H31ClF2N2O2/c1-5-6-9-29-23(26)10-16(2)32-21-13-18(14-21)24(31)30-22(7-8-25(30,3)4)17-11-19(27)15-20(28)12-17/h6,9-12,15,18,21-22H,5,7-8,13-14H2,1-4H3/b9-6-,16-10+,29-23+. The second-order valence-corrected chi connectivity index (χ2v) is 9.57. The number of halogens is 3. The van der Waals surface area contributed by atoms with Gasteiger partial charge < -0.3 is 9.64 Å². The highest BCUT2D eigenvalue weighted by atomic mass is 35.5. The summed E-state index contributed by atoms with van der Waals surface area (Å²) in [5.74, 6) is -0.738. The average molecular weight is 465 g/mol. The first-order chi connectivity index (χ1) is 15.1. The van der Waals surface area contributed by atoms with Gasteiger partial charge in [-0.15, -0.1) is 0 Å². The van der Waals surface area contributed by atoms with Crippen LogP contribution in [-0.4, -0.2) is 27.6 Å². The first kappa shape index (κ1) is 24.4. The molecule has 2 fully saturated rings. The van der Waals surface area contributed by atoms with Gasteiger partial charge in [0.05, 0.1) is 17.9 Å². The first-order valence-corrected chi connectivity index (χ1v) is 11.5. The molecular weight excluding hydrogens is 434 g/mol. The molecule has 0 spiro atoms. The van der Waals surface area contributed by atoms with Gasteiger partial charge >= 0.3 is 0 Å². The van der Waals surface area contributed by atoms with Crippen molar-refractivity contribution < 1.29 is 18.3 Å². The third-order valence-electron chi connectivity index (χ3n) is 6.16. The van der Waals surface area contributed by atoms with E-state index in [1.807, 2.05) is 38.7 Å². The number of amides is 1. The molecule has 1 amide bonds. The molecule has 1 saturated carbocycles. The maximum atomic E-state index is 13.8. The molecule has 174 valence electrons. The van der Waals surface area contributed by atoms with Crippen LogP contribution in [0.2, 0.25) is 0 Å². The lowest BCUT2D eigenvalue weighted by Gasteiger charge is -2.43. The Hall–Kier alpha value is -2.21. The van der Waals surface area contributed by atoms with E-state index in [9.17, 15) is 13.6 Å². The molecule has 4 nitrogen and oxygen atoms in total. The Balaban J connectivity index is 1.63. The Morgan fingerprint density at radius 1 is 1.28 bits per heavy atom. The topological polar surface area (TPSA) is 41.9 Å². The Bertz CT molecular complexity index is 916. The molecule has 0 N–H and O–H groups in total. The van der Waals surface area contributed by atoms with Gasteiger partial charge in [-0.2, -0.15) is 0 Å². The van der Waals surface area contributed by atoms with E-state index < -0.39 is 11.6 Å². The van der Waals surface area contributed by atoms with Crippen molar-refractivity contribution in [1.29, 1.82) is 0 Å². The van der Waals surface area contributed by atoms with E-state index in [0.717, 1.165) is 18.9 Å². The fourth-order valence-electron chi connectivity index (χ4n) is 4.49. The Labute approximate surface area is 194 Å². The summed E-state index contributed by atoms with van der Waals surface area (Å²) >= 11 is 6.08. The summed E-state index contributed by atoms with van der Waals surface area (Å²) in [6, 6.07) is 3.20. The summed E-state index contributed by atoms with van der Waals surface area (Å²) in [7, 11) is 0. The van der Waals surface area contributed by atoms with Crippen LogP contribution >= 0.6 is 11.6 Å². The molecule has 3 rings (SSSR count). The smallest absolute Gasteiger partial charge is 0.226 e. The lowest BCUT2D eigenvalue weighted by atomic mass is 9.80. The number of nitrogens with zero attached hydrogens (tertiary/aromatic N) is 2. The van der Waals surface area contributed by atoms with Crippen molar-refractivity contribution in [2.75, 3.05) is 0 Å². The molecule has 1 atom stereocenters. The first-order valence-electron chi connectivity index (χ1n) is 11.1. The van der Waals surface area contributed by atoms with Crippen LogP contribution in [0.25, 0.3) is 0 Å². The van der Waals surface area contributed by atoms with Crippen molar-refractivity contribution in [3.05, 3.63) is 59.5 Å². The van der Waals surface area contributed by atoms with Gasteiger partial charge in [-0.3, -0.25) is 4.79 Å². The zero-order valence-corrected chi connectivity index (χ0v) is 19.8. The fraction of sp³-hybridized carbons (Fsp3) is 0.520. The lowest BCUT2D eigenvalue weighted by Crippen LogP contribution is -2.50. The summed E-state index contributed by atoms with van der Waals surface area (Å²) in [6.45, 7) is 7.85. The highest BCUT2D eigenvalue weighted by molar-refractivity contribution is 6.68. The number of carbonyl (C=O) groups excluding carboxylic acids is 1. The third kappa shape index (κ3) is 5.77. The van der Waals surface area contributed by atoms with Crippen molar-refractivity contribution in [1.82, 2.24) is 4.90 Å². The van der Waals surface area contributed by atoms with Gasteiger partial charge in [-0.25, -0.2) is 13.8 Å². The predicted molar refractivity (Wildman–Crippen MR) is 123 cm³/mol. The number of benzene rings is 1. The van der Waals surface area contributed by atoms with E-state index in [4.69, 9.17) is 16.3 Å². The van der Waals surface area contributed by atoms with E-state index in [2.05, 4.69) is 4.99 Å². The van der Waals surface area contributed by atoms with Crippen LogP contribution in [0.4, 0.5) is 8.78 Å². The number of hydrogen-bond donors (Lipinski definition) is 0. The molecule has 1 aliphatic carbocycles. The third-order valence-corrected chi connectivity index (χ3v) is 6.37. The molecule has 1 aromatic rings. The van der Waals surface area contributed by atoms with Gasteiger partial charge in [0.1, 0.15) is 16.8 Å². The van der Waals surface area contributed by atoms with Gasteiger partial charge in [-0.1, -0.05) is 24.6 Å². The molecule has 1 unspecified atom stereocenters. The quantitative estimate of drug-likeness (QED) is 0.334. The molecule has 1 heterocycles. The predicted octanol–water partition coefficient (Wildman–Crippen LogP) is 6.67. The minimum absolute atomic E-state index is 0.0212. The molecule has 1 saturated heterocycles. The zero-order chi connectivity index (χ0) is 23.5. The maximum Gasteiger partial charge on any atom is 0.226 e. The van der Waals surface area contributed by atoms with Crippen LogP contribution in [0, 0.1) is 17.6 Å². The Morgan fingerprint density at radius 3 is 2.56 bits per heavy atom. The van der Waals surface area contributed by atoms with E-state index in [0.29, 0.717) is 35.8 Å². The molecule has 7 heteroatoms. The second-order valence-electron chi connectivity index (χ2n) is 9.19. The highest BCUT2D eigenvalue weighted by Gasteiger charge is 2.48. The number of rotatable bonds is 7. The van der Waals surface area contributed by atoms with E-state index in [-0.39, 0.29) is 29.5 Å². The number of ether oxygens (including phenoxy) is 1. The summed E-state index contributed by atoms with van der Waals surface area (Å²) in [5, 5.41) is 0.336. The number of hydrogen-bond acceptors (Lipinski definition) is 3. The maximum absolute atomic E-state index is 13.8. The minimum Gasteiger partial charge on any atom is -0.495 e. The van der Waals surface area contributed by atoms with Gasteiger partial charge in [0.2, 0.25) is 5.91 Å². The van der Waals surface area contributed by atoms with Crippen LogP contribution in [0.15, 0.2) is 47.3 Å². The van der Waals surface area contributed by atoms with Gasteiger partial charge in [0.25, 0.3) is 0 Å². The van der Waals surface area contributed by atoms with Gasteiger partial charge in [-0.05, 0) is 70.6 Å². The van der Waals surface area contributed by atoms with Crippen LogP contribution in [0.5, 0.6) is 0 Å². The number of aliphatic imine (C=N–C) groups is 1. The van der Waals surface area contributed by atoms with Gasteiger partial charge in [0.15, 0.2) is 0 Å². The molecule has 32 heavy (non-hydrogen) atoms. The van der Waals surface area contributed by atoms with Crippen molar-refractivity contribution in [3.63, 3.8) is 0 Å². The molecule has 1 aliphatic heterocycles. The van der Waals surface area contributed by atoms with Crippen molar-refractivity contribution in [3.8, 4) is 0 Å². The van der Waals surface area contributed by atoms with Crippen LogP contribution in [0.1, 0.15) is 71.4 Å². The van der Waals surface area contributed by atoms with Crippen LogP contribution in [-0.2, 0) is 9.53 Å². The summed E-state index contributed by atoms with van der Waals surface area (Å²) in [5.41, 5.74) is 0.140. The normalized spacial score (nSPS) is 25.8. The Morgan fingerprint density at radius 2 is 1.94 bits per heavy atom. The van der Waals surface area contributed by atoms with Crippen LogP contribution in [0.3, 0.4) is 0 Å². The van der Waals surface area contributed by atoms with E-state index in [1.54, 1.807) is 12.3 Å². The van der Waals surface area contributed by atoms with E-state index >= 15 is 0 Å². The molecule has 0 aromatic heterocycles. The van der Waals surface area contributed by atoms with Crippen molar-refractivity contribution in [2.24, 2.45) is 10.9 Å². The fourth-order valence-corrected chi connectivity index (χ4v) is 4.70. The Kier molecular flexibility index (Phi) is 7.75.